The fourth-order valence-corrected chi connectivity index (χ4v) is 3.53. The van der Waals surface area contributed by atoms with Crippen LogP contribution in [-0.4, -0.2) is 43.4 Å². The predicted molar refractivity (Wildman–Crippen MR) is 73.5 cm³/mol. The normalized spacial score (nSPS) is 22.6. The number of hydrogen-bond donors (Lipinski definition) is 2. The molecule has 7 heteroatoms. The molecule has 1 amide bonds. The summed E-state index contributed by atoms with van der Waals surface area (Å²) in [5, 5.41) is 9.22. The number of rotatable bonds is 5. The summed E-state index contributed by atoms with van der Waals surface area (Å²) in [6.45, 7) is 0.386. The quantitative estimate of drug-likeness (QED) is 0.809. The molecular weight excluding hydrogens is 280 g/mol. The average molecular weight is 298 g/mol. The lowest BCUT2D eigenvalue weighted by Crippen LogP contribution is -2.39. The van der Waals surface area contributed by atoms with Gasteiger partial charge in [0.1, 0.15) is 0 Å². The molecule has 20 heavy (non-hydrogen) atoms. The summed E-state index contributed by atoms with van der Waals surface area (Å²) in [5.74, 6) is -0.388. The minimum absolute atomic E-state index is 0.130. The molecule has 0 unspecified atom stereocenters. The third kappa shape index (κ3) is 3.00. The van der Waals surface area contributed by atoms with Crippen LogP contribution < -0.4 is 5.73 Å². The fraction of sp³-hybridized carbons (Fsp3) is 0.462. The van der Waals surface area contributed by atoms with Crippen molar-refractivity contribution < 1.29 is 18.3 Å². The maximum absolute atomic E-state index is 12.3. The van der Waals surface area contributed by atoms with Crippen LogP contribution in [0, 0.1) is 5.92 Å². The van der Waals surface area contributed by atoms with Gasteiger partial charge in [0.25, 0.3) is 0 Å². The Hall–Kier alpha value is -1.44. The molecule has 0 spiro atoms. The summed E-state index contributed by atoms with van der Waals surface area (Å²) in [5.41, 5.74) is 5.39. The Morgan fingerprint density at radius 2 is 1.90 bits per heavy atom. The molecule has 1 aromatic rings. The van der Waals surface area contributed by atoms with E-state index in [0.717, 1.165) is 0 Å². The smallest absolute Gasteiger partial charge is 0.248 e. The summed E-state index contributed by atoms with van der Waals surface area (Å²) >= 11 is 0. The first-order valence-electron chi connectivity index (χ1n) is 6.35. The van der Waals surface area contributed by atoms with Gasteiger partial charge in [0.05, 0.1) is 11.0 Å². The molecule has 1 saturated carbocycles. The van der Waals surface area contributed by atoms with Crippen molar-refractivity contribution in [3.05, 3.63) is 29.8 Å². The highest BCUT2D eigenvalue weighted by atomic mass is 32.2. The minimum Gasteiger partial charge on any atom is -0.393 e. The molecule has 1 aliphatic rings. The molecule has 0 aromatic heterocycles. The van der Waals surface area contributed by atoms with Crippen molar-refractivity contribution in [2.75, 3.05) is 13.6 Å². The maximum atomic E-state index is 12.3. The Morgan fingerprint density at radius 3 is 2.35 bits per heavy atom. The second-order valence-corrected chi connectivity index (χ2v) is 7.21. The Kier molecular flexibility index (Phi) is 4.12. The van der Waals surface area contributed by atoms with Gasteiger partial charge in [0.2, 0.25) is 15.9 Å². The highest BCUT2D eigenvalue weighted by Crippen LogP contribution is 2.29. The van der Waals surface area contributed by atoms with Gasteiger partial charge < -0.3 is 10.8 Å². The van der Waals surface area contributed by atoms with E-state index in [-0.39, 0.29) is 22.5 Å². The van der Waals surface area contributed by atoms with Gasteiger partial charge in [-0.05, 0) is 43.0 Å². The fourth-order valence-electron chi connectivity index (χ4n) is 2.28. The van der Waals surface area contributed by atoms with E-state index in [1.165, 1.54) is 35.6 Å². The zero-order valence-corrected chi connectivity index (χ0v) is 12.0. The van der Waals surface area contributed by atoms with Gasteiger partial charge in [-0.15, -0.1) is 0 Å². The van der Waals surface area contributed by atoms with Gasteiger partial charge >= 0.3 is 0 Å². The minimum atomic E-state index is -3.57. The van der Waals surface area contributed by atoms with Gasteiger partial charge in [-0.25, -0.2) is 12.7 Å². The van der Waals surface area contributed by atoms with E-state index in [1.54, 1.807) is 0 Å². The highest BCUT2D eigenvalue weighted by Gasteiger charge is 2.31. The molecule has 2 rings (SSSR count). The Balaban J connectivity index is 2.10. The molecule has 0 heterocycles. The molecule has 110 valence electrons. The van der Waals surface area contributed by atoms with Crippen LogP contribution in [0.5, 0.6) is 0 Å². The van der Waals surface area contributed by atoms with Gasteiger partial charge in [-0.1, -0.05) is 0 Å². The SMILES string of the molecule is CN(CC1CC(O)C1)S(=O)(=O)c1ccc(C(N)=O)cc1. The molecular formula is C13H18N2O4S. The molecule has 0 radical (unpaired) electrons. The standard InChI is InChI=1S/C13H18N2O4S/c1-15(8-9-6-11(16)7-9)20(18,19)12-4-2-10(3-5-12)13(14)17/h2-5,9,11,16H,6-8H2,1H3,(H2,14,17). The summed E-state index contributed by atoms with van der Waals surface area (Å²) in [6.07, 6.45) is 0.979. The maximum Gasteiger partial charge on any atom is 0.248 e. The second-order valence-electron chi connectivity index (χ2n) is 5.17. The van der Waals surface area contributed by atoms with E-state index < -0.39 is 15.9 Å². The molecule has 1 aliphatic carbocycles. The Bertz CT molecular complexity index is 591. The number of nitrogens with two attached hydrogens (primary N) is 1. The summed E-state index contributed by atoms with van der Waals surface area (Å²) < 4.78 is 25.9. The predicted octanol–water partition coefficient (Wildman–Crippen LogP) is 0.177. The lowest BCUT2D eigenvalue weighted by molar-refractivity contribution is 0.0367. The number of primary amides is 1. The van der Waals surface area contributed by atoms with Crippen molar-refractivity contribution in [3.63, 3.8) is 0 Å². The van der Waals surface area contributed by atoms with Gasteiger partial charge in [-0.3, -0.25) is 4.79 Å². The Morgan fingerprint density at radius 1 is 1.35 bits per heavy atom. The van der Waals surface area contributed by atoms with E-state index in [1.807, 2.05) is 0 Å². The number of carbonyl (C=O) groups excluding carboxylic acids is 1. The molecule has 3 N–H and O–H groups in total. The third-order valence-electron chi connectivity index (χ3n) is 3.57. The molecule has 6 nitrogen and oxygen atoms in total. The zero-order chi connectivity index (χ0) is 14.9. The summed E-state index contributed by atoms with van der Waals surface area (Å²) in [4.78, 5) is 11.1. The first-order valence-corrected chi connectivity index (χ1v) is 7.79. The molecule has 1 aromatic carbocycles. The van der Waals surface area contributed by atoms with Gasteiger partial charge in [0.15, 0.2) is 0 Å². The van der Waals surface area contributed by atoms with E-state index in [2.05, 4.69) is 0 Å². The topological polar surface area (TPSA) is 101 Å². The molecule has 0 saturated heterocycles. The van der Waals surface area contributed by atoms with E-state index in [0.29, 0.717) is 19.4 Å². The van der Waals surface area contributed by atoms with Crippen LogP contribution in [0.25, 0.3) is 0 Å². The first kappa shape index (κ1) is 15.0. The van der Waals surface area contributed by atoms with E-state index in [4.69, 9.17) is 5.73 Å². The van der Waals surface area contributed by atoms with Crippen molar-refractivity contribution in [3.8, 4) is 0 Å². The molecule has 1 fully saturated rings. The number of aliphatic hydroxyl groups excluding tert-OH is 1. The highest BCUT2D eigenvalue weighted by molar-refractivity contribution is 7.89. The molecule has 0 aliphatic heterocycles. The first-order chi connectivity index (χ1) is 9.30. The number of hydrogen-bond acceptors (Lipinski definition) is 4. The number of sulfonamides is 1. The van der Waals surface area contributed by atoms with Crippen molar-refractivity contribution in [1.29, 1.82) is 0 Å². The second kappa shape index (κ2) is 5.51. The largest absolute Gasteiger partial charge is 0.393 e. The summed E-state index contributed by atoms with van der Waals surface area (Å²) in [6, 6.07) is 5.55. The number of carbonyl (C=O) groups is 1. The third-order valence-corrected chi connectivity index (χ3v) is 5.41. The number of amides is 1. The number of nitrogens with zero attached hydrogens (tertiary/aromatic N) is 1. The van der Waals surface area contributed by atoms with Crippen LogP contribution in [-0.2, 0) is 10.0 Å². The van der Waals surface area contributed by atoms with Crippen molar-refractivity contribution in [1.82, 2.24) is 4.31 Å². The van der Waals surface area contributed by atoms with Crippen LogP contribution in [0.2, 0.25) is 0 Å². The van der Waals surface area contributed by atoms with Crippen LogP contribution in [0.3, 0.4) is 0 Å². The molecule has 0 bridgehead atoms. The monoisotopic (exact) mass is 298 g/mol. The number of aliphatic hydroxyl groups is 1. The van der Waals surface area contributed by atoms with E-state index >= 15 is 0 Å². The lowest BCUT2D eigenvalue weighted by atomic mass is 9.82. The van der Waals surface area contributed by atoms with Gasteiger partial charge in [-0.2, -0.15) is 0 Å². The van der Waals surface area contributed by atoms with E-state index in [9.17, 15) is 18.3 Å². The number of benzene rings is 1. The Labute approximate surface area is 118 Å². The average Bonchev–Trinajstić information content (AvgIpc) is 2.36. The lowest BCUT2D eigenvalue weighted by Gasteiger charge is -2.34. The van der Waals surface area contributed by atoms with Crippen molar-refractivity contribution >= 4 is 15.9 Å². The molecule has 0 atom stereocenters. The summed E-state index contributed by atoms with van der Waals surface area (Å²) in [7, 11) is -2.05. The zero-order valence-electron chi connectivity index (χ0n) is 11.2. The van der Waals surface area contributed by atoms with Gasteiger partial charge in [0, 0.05) is 19.2 Å². The van der Waals surface area contributed by atoms with Crippen molar-refractivity contribution in [2.24, 2.45) is 11.7 Å². The van der Waals surface area contributed by atoms with Crippen molar-refractivity contribution in [2.45, 2.75) is 23.8 Å². The van der Waals surface area contributed by atoms with Crippen LogP contribution in [0.4, 0.5) is 0 Å². The van der Waals surface area contributed by atoms with Crippen LogP contribution in [0.15, 0.2) is 29.2 Å². The van der Waals surface area contributed by atoms with Crippen LogP contribution in [0.1, 0.15) is 23.2 Å². The van der Waals surface area contributed by atoms with Crippen LogP contribution >= 0.6 is 0 Å².